The van der Waals surface area contributed by atoms with Gasteiger partial charge in [0.05, 0.1) is 7.11 Å². The molecule has 0 aliphatic carbocycles. The maximum atomic E-state index is 12.1. The van der Waals surface area contributed by atoms with Gasteiger partial charge in [-0.2, -0.15) is 0 Å². The summed E-state index contributed by atoms with van der Waals surface area (Å²) in [5, 5.41) is 2.53. The Morgan fingerprint density at radius 2 is 1.47 bits per heavy atom. The van der Waals surface area contributed by atoms with Crippen LogP contribution in [-0.2, 0) is 4.74 Å². The first-order valence-corrected chi connectivity index (χ1v) is 5.75. The van der Waals surface area contributed by atoms with Gasteiger partial charge < -0.3 is 4.74 Å². The number of carbonyl (C=O) groups excluding carboxylic acids is 2. The van der Waals surface area contributed by atoms with E-state index in [9.17, 15) is 9.59 Å². The van der Waals surface area contributed by atoms with Crippen molar-refractivity contribution in [2.24, 2.45) is 0 Å². The van der Waals surface area contributed by atoms with Gasteiger partial charge in [0.1, 0.15) is 0 Å². The van der Waals surface area contributed by atoms with E-state index in [2.05, 4.69) is 10.1 Å². The highest BCUT2D eigenvalue weighted by atomic mass is 16.5. The average Bonchev–Trinajstić information content (AvgIpc) is 2.48. The van der Waals surface area contributed by atoms with E-state index in [1.165, 1.54) is 7.11 Å². The van der Waals surface area contributed by atoms with Crippen molar-refractivity contribution < 1.29 is 14.3 Å². The van der Waals surface area contributed by atoms with E-state index in [0.29, 0.717) is 16.8 Å². The van der Waals surface area contributed by atoms with Crippen LogP contribution >= 0.6 is 0 Å². The molecule has 1 N–H and O–H groups in total. The lowest BCUT2D eigenvalue weighted by Crippen LogP contribution is -2.11. The number of anilines is 1. The zero-order chi connectivity index (χ0) is 13.7. The predicted octanol–water partition coefficient (Wildman–Crippen LogP) is 3.10. The lowest BCUT2D eigenvalue weighted by atomic mass is 10.0. The monoisotopic (exact) mass is 255 g/mol. The Balaban J connectivity index is 2.15. The van der Waals surface area contributed by atoms with E-state index >= 15 is 0 Å². The van der Waals surface area contributed by atoms with E-state index in [1.54, 1.807) is 36.4 Å². The quantitative estimate of drug-likeness (QED) is 0.857. The first kappa shape index (κ1) is 12.8. The van der Waals surface area contributed by atoms with Gasteiger partial charge in [-0.15, -0.1) is 0 Å². The molecular weight excluding hydrogens is 242 g/mol. The summed E-state index contributed by atoms with van der Waals surface area (Å²) in [6.45, 7) is 0. The standard InChI is InChI=1S/C15H13NO3/c1-19-15(18)16-13-9-7-12(8-10-13)14(17)11-5-3-2-4-6-11/h2-10H,1H3,(H,16,18). The fraction of sp³-hybridized carbons (Fsp3) is 0.0667. The van der Waals surface area contributed by atoms with Crippen molar-refractivity contribution in [2.75, 3.05) is 12.4 Å². The highest BCUT2D eigenvalue weighted by molar-refractivity contribution is 6.09. The SMILES string of the molecule is COC(=O)Nc1ccc(C(=O)c2ccccc2)cc1. The van der Waals surface area contributed by atoms with Crippen molar-refractivity contribution in [1.29, 1.82) is 0 Å². The number of hydrogen-bond donors (Lipinski definition) is 1. The van der Waals surface area contributed by atoms with Gasteiger partial charge in [0, 0.05) is 16.8 Å². The van der Waals surface area contributed by atoms with Gasteiger partial charge >= 0.3 is 6.09 Å². The lowest BCUT2D eigenvalue weighted by Gasteiger charge is -2.05. The van der Waals surface area contributed by atoms with Crippen LogP contribution in [-0.4, -0.2) is 19.0 Å². The molecule has 0 unspecified atom stereocenters. The van der Waals surface area contributed by atoms with Crippen LogP contribution in [0.3, 0.4) is 0 Å². The van der Waals surface area contributed by atoms with E-state index < -0.39 is 6.09 Å². The van der Waals surface area contributed by atoms with E-state index in [1.807, 2.05) is 18.2 Å². The highest BCUT2D eigenvalue weighted by Crippen LogP contribution is 2.13. The Morgan fingerprint density at radius 1 is 0.895 bits per heavy atom. The van der Waals surface area contributed by atoms with E-state index in [0.717, 1.165) is 0 Å². The Bertz CT molecular complexity index is 576. The van der Waals surface area contributed by atoms with Crippen LogP contribution < -0.4 is 5.32 Å². The molecule has 0 bridgehead atoms. The minimum Gasteiger partial charge on any atom is -0.453 e. The Kier molecular flexibility index (Phi) is 3.93. The molecule has 0 saturated carbocycles. The summed E-state index contributed by atoms with van der Waals surface area (Å²) >= 11 is 0. The van der Waals surface area contributed by atoms with E-state index in [-0.39, 0.29) is 5.78 Å². The average molecular weight is 255 g/mol. The minimum absolute atomic E-state index is 0.0507. The Hall–Kier alpha value is -2.62. The van der Waals surface area contributed by atoms with Gasteiger partial charge in [-0.25, -0.2) is 4.79 Å². The van der Waals surface area contributed by atoms with Crippen molar-refractivity contribution in [3.8, 4) is 0 Å². The predicted molar refractivity (Wildman–Crippen MR) is 72.3 cm³/mol. The third kappa shape index (κ3) is 3.19. The van der Waals surface area contributed by atoms with Crippen LogP contribution in [0.25, 0.3) is 0 Å². The summed E-state index contributed by atoms with van der Waals surface area (Å²) in [5.74, 6) is -0.0507. The largest absolute Gasteiger partial charge is 0.453 e. The van der Waals surface area contributed by atoms with Crippen molar-refractivity contribution in [1.82, 2.24) is 0 Å². The van der Waals surface area contributed by atoms with Gasteiger partial charge in [0.15, 0.2) is 5.78 Å². The molecule has 19 heavy (non-hydrogen) atoms. The molecule has 0 radical (unpaired) electrons. The molecule has 0 saturated heterocycles. The molecule has 0 fully saturated rings. The number of carbonyl (C=O) groups is 2. The molecule has 4 nitrogen and oxygen atoms in total. The molecule has 1 amide bonds. The summed E-state index contributed by atoms with van der Waals surface area (Å²) in [4.78, 5) is 23.1. The zero-order valence-electron chi connectivity index (χ0n) is 10.4. The van der Waals surface area contributed by atoms with Crippen molar-refractivity contribution in [3.63, 3.8) is 0 Å². The van der Waals surface area contributed by atoms with Crippen LogP contribution in [0, 0.1) is 0 Å². The summed E-state index contributed by atoms with van der Waals surface area (Å²) in [6, 6.07) is 15.7. The molecule has 0 spiro atoms. The molecule has 2 rings (SSSR count). The molecule has 2 aromatic carbocycles. The molecule has 0 aliphatic rings. The number of rotatable bonds is 3. The number of nitrogens with one attached hydrogen (secondary N) is 1. The smallest absolute Gasteiger partial charge is 0.411 e. The van der Waals surface area contributed by atoms with Gasteiger partial charge in [-0.3, -0.25) is 10.1 Å². The molecule has 0 aliphatic heterocycles. The number of ketones is 1. The summed E-state index contributed by atoms with van der Waals surface area (Å²) in [5.41, 5.74) is 1.79. The third-order valence-corrected chi connectivity index (χ3v) is 2.61. The second kappa shape index (κ2) is 5.82. The fourth-order valence-corrected chi connectivity index (χ4v) is 1.63. The number of methoxy groups -OCH3 is 1. The van der Waals surface area contributed by atoms with Crippen molar-refractivity contribution in [2.45, 2.75) is 0 Å². The third-order valence-electron chi connectivity index (χ3n) is 2.61. The fourth-order valence-electron chi connectivity index (χ4n) is 1.63. The molecule has 0 atom stereocenters. The van der Waals surface area contributed by atoms with Crippen LogP contribution in [0.5, 0.6) is 0 Å². The number of hydrogen-bond acceptors (Lipinski definition) is 3. The number of benzene rings is 2. The number of ether oxygens (including phenoxy) is 1. The van der Waals surface area contributed by atoms with Gasteiger partial charge in [0.25, 0.3) is 0 Å². The second-order valence-corrected chi connectivity index (χ2v) is 3.89. The first-order valence-electron chi connectivity index (χ1n) is 5.75. The molecule has 0 aromatic heterocycles. The minimum atomic E-state index is -0.540. The van der Waals surface area contributed by atoms with E-state index in [4.69, 9.17) is 0 Å². The molecule has 0 heterocycles. The Morgan fingerprint density at radius 3 is 2.05 bits per heavy atom. The normalized spacial score (nSPS) is 9.74. The topological polar surface area (TPSA) is 55.4 Å². The van der Waals surface area contributed by atoms with Gasteiger partial charge in [0.2, 0.25) is 0 Å². The molecule has 4 heteroatoms. The van der Waals surface area contributed by atoms with Crippen LogP contribution in [0.4, 0.5) is 10.5 Å². The maximum absolute atomic E-state index is 12.1. The summed E-state index contributed by atoms with van der Waals surface area (Å²) in [6.07, 6.45) is -0.540. The molecule has 2 aromatic rings. The van der Waals surface area contributed by atoms with Crippen molar-refractivity contribution >= 4 is 17.6 Å². The van der Waals surface area contributed by atoms with Crippen LogP contribution in [0.2, 0.25) is 0 Å². The lowest BCUT2D eigenvalue weighted by molar-refractivity contribution is 0.103. The van der Waals surface area contributed by atoms with Crippen LogP contribution in [0.15, 0.2) is 54.6 Å². The highest BCUT2D eigenvalue weighted by Gasteiger charge is 2.08. The summed E-state index contributed by atoms with van der Waals surface area (Å²) in [7, 11) is 1.29. The van der Waals surface area contributed by atoms with Crippen molar-refractivity contribution in [3.05, 3.63) is 65.7 Å². The first-order chi connectivity index (χ1) is 9.20. The van der Waals surface area contributed by atoms with Crippen LogP contribution in [0.1, 0.15) is 15.9 Å². The summed E-state index contributed by atoms with van der Waals surface area (Å²) < 4.78 is 4.48. The second-order valence-electron chi connectivity index (χ2n) is 3.89. The maximum Gasteiger partial charge on any atom is 0.411 e. The number of amides is 1. The zero-order valence-corrected chi connectivity index (χ0v) is 10.4. The van der Waals surface area contributed by atoms with Gasteiger partial charge in [-0.1, -0.05) is 30.3 Å². The molecule has 96 valence electrons. The van der Waals surface area contributed by atoms with Gasteiger partial charge in [-0.05, 0) is 24.3 Å². The molecular formula is C15H13NO3. The Labute approximate surface area is 111 Å².